The van der Waals surface area contributed by atoms with Crippen LogP contribution >= 0.6 is 24.0 Å². The van der Waals surface area contributed by atoms with Crippen molar-refractivity contribution in [3.05, 3.63) is 29.8 Å². The van der Waals surface area contributed by atoms with Gasteiger partial charge < -0.3 is 15.7 Å². The summed E-state index contributed by atoms with van der Waals surface area (Å²) in [4.78, 5) is 4.57. The average Bonchev–Trinajstić information content (AvgIpc) is 2.47. The number of nitrogens with zero attached hydrogens (tertiary/aromatic N) is 1. The van der Waals surface area contributed by atoms with Crippen molar-refractivity contribution in [2.45, 2.75) is 40.2 Å². The molecule has 0 radical (unpaired) electrons. The van der Waals surface area contributed by atoms with Crippen LogP contribution in [0.1, 0.15) is 39.2 Å². The lowest BCUT2D eigenvalue weighted by Gasteiger charge is -2.16. The van der Waals surface area contributed by atoms with Gasteiger partial charge in [-0.05, 0) is 30.5 Å². The maximum Gasteiger partial charge on any atom is 0.191 e. The van der Waals surface area contributed by atoms with E-state index in [1.165, 1.54) is 12.8 Å². The summed E-state index contributed by atoms with van der Waals surface area (Å²) in [6.07, 6.45) is 2.36. The first-order valence-corrected chi connectivity index (χ1v) is 7.49. The number of hydrogen-bond acceptors (Lipinski definition) is 2. The van der Waals surface area contributed by atoms with Gasteiger partial charge >= 0.3 is 0 Å². The summed E-state index contributed by atoms with van der Waals surface area (Å²) in [6.45, 7) is 8.92. The molecule has 0 aliphatic heterocycles. The Bertz CT molecular complexity index is 402. The molecule has 0 saturated heterocycles. The molecule has 1 rings (SSSR count). The highest BCUT2D eigenvalue weighted by atomic mass is 127. The Hall–Kier alpha value is -0.980. The van der Waals surface area contributed by atoms with Crippen molar-refractivity contribution in [3.8, 4) is 5.75 Å². The molecule has 0 saturated carbocycles. The zero-order valence-electron chi connectivity index (χ0n) is 13.2. The van der Waals surface area contributed by atoms with Crippen molar-refractivity contribution in [3.63, 3.8) is 0 Å². The minimum absolute atomic E-state index is 0. The second kappa shape index (κ2) is 11.7. The van der Waals surface area contributed by atoms with Crippen LogP contribution in [0.25, 0.3) is 0 Å². The number of phenols is 1. The number of hydrogen-bond donors (Lipinski definition) is 3. The molecule has 1 aromatic rings. The van der Waals surface area contributed by atoms with Crippen LogP contribution < -0.4 is 10.6 Å². The van der Waals surface area contributed by atoms with Crippen molar-refractivity contribution in [2.24, 2.45) is 10.9 Å². The highest BCUT2D eigenvalue weighted by molar-refractivity contribution is 14.0. The Morgan fingerprint density at radius 3 is 2.24 bits per heavy atom. The van der Waals surface area contributed by atoms with E-state index in [4.69, 9.17) is 0 Å². The third-order valence-electron chi connectivity index (χ3n) is 3.41. The predicted molar refractivity (Wildman–Crippen MR) is 100 cm³/mol. The molecular formula is C16H28IN3O. The molecule has 1 aromatic carbocycles. The van der Waals surface area contributed by atoms with Gasteiger partial charge in [-0.15, -0.1) is 24.0 Å². The summed E-state index contributed by atoms with van der Waals surface area (Å²) < 4.78 is 0. The Kier molecular flexibility index (Phi) is 11.1. The van der Waals surface area contributed by atoms with Crippen molar-refractivity contribution < 1.29 is 5.11 Å². The van der Waals surface area contributed by atoms with E-state index >= 15 is 0 Å². The number of aromatic hydroxyl groups is 1. The summed E-state index contributed by atoms with van der Waals surface area (Å²) in [5.74, 6) is 1.83. The average molecular weight is 405 g/mol. The van der Waals surface area contributed by atoms with Gasteiger partial charge in [0, 0.05) is 13.1 Å². The molecule has 0 bridgehead atoms. The second-order valence-electron chi connectivity index (χ2n) is 4.93. The smallest absolute Gasteiger partial charge is 0.191 e. The first-order valence-electron chi connectivity index (χ1n) is 7.49. The predicted octanol–water partition coefficient (Wildman–Crippen LogP) is 3.50. The van der Waals surface area contributed by atoms with Gasteiger partial charge in [-0.2, -0.15) is 0 Å². The van der Waals surface area contributed by atoms with Crippen LogP contribution in [0.2, 0.25) is 0 Å². The Balaban J connectivity index is 0.00000400. The van der Waals surface area contributed by atoms with Gasteiger partial charge in [0.05, 0.1) is 6.54 Å². The second-order valence-corrected chi connectivity index (χ2v) is 4.93. The molecular weight excluding hydrogens is 377 g/mol. The van der Waals surface area contributed by atoms with Crippen LogP contribution in [0, 0.1) is 5.92 Å². The van der Waals surface area contributed by atoms with Crippen molar-refractivity contribution in [2.75, 3.05) is 13.1 Å². The molecule has 21 heavy (non-hydrogen) atoms. The van der Waals surface area contributed by atoms with Gasteiger partial charge in [-0.25, -0.2) is 4.99 Å². The lowest BCUT2D eigenvalue weighted by molar-refractivity contribution is 0.475. The first kappa shape index (κ1) is 20.0. The molecule has 4 nitrogen and oxygen atoms in total. The standard InChI is InChI=1S/C16H27N3O.HI/c1-4-13(5-2)11-18-16(17-6-3)19-12-14-7-9-15(20)10-8-14;/h7-10,13,20H,4-6,11-12H2,1-3H3,(H2,17,18,19);1H. The first-order chi connectivity index (χ1) is 9.69. The third kappa shape index (κ3) is 8.14. The molecule has 5 heteroatoms. The molecule has 0 aliphatic carbocycles. The number of nitrogens with one attached hydrogen (secondary N) is 2. The van der Waals surface area contributed by atoms with Crippen LogP contribution in [0.5, 0.6) is 5.75 Å². The topological polar surface area (TPSA) is 56.7 Å². The largest absolute Gasteiger partial charge is 0.508 e. The van der Waals surface area contributed by atoms with Crippen LogP contribution in [-0.4, -0.2) is 24.2 Å². The molecule has 0 heterocycles. The quantitative estimate of drug-likeness (QED) is 0.370. The maximum absolute atomic E-state index is 9.26. The van der Waals surface area contributed by atoms with Crippen molar-refractivity contribution in [1.29, 1.82) is 0 Å². The fourth-order valence-electron chi connectivity index (χ4n) is 1.93. The summed E-state index contributed by atoms with van der Waals surface area (Å²) >= 11 is 0. The van der Waals surface area contributed by atoms with Crippen molar-refractivity contribution in [1.82, 2.24) is 10.6 Å². The van der Waals surface area contributed by atoms with Crippen LogP contribution in [-0.2, 0) is 6.54 Å². The zero-order chi connectivity index (χ0) is 14.8. The molecule has 0 spiro atoms. The van der Waals surface area contributed by atoms with E-state index < -0.39 is 0 Å². The summed E-state index contributed by atoms with van der Waals surface area (Å²) in [5.41, 5.74) is 1.09. The van der Waals surface area contributed by atoms with Crippen LogP contribution in [0.3, 0.4) is 0 Å². The minimum Gasteiger partial charge on any atom is -0.508 e. The lowest BCUT2D eigenvalue weighted by Crippen LogP contribution is -2.39. The van der Waals surface area contributed by atoms with Gasteiger partial charge in [0.15, 0.2) is 5.96 Å². The van der Waals surface area contributed by atoms with Crippen LogP contribution in [0.15, 0.2) is 29.3 Å². The van der Waals surface area contributed by atoms with E-state index in [-0.39, 0.29) is 29.7 Å². The van der Waals surface area contributed by atoms with Gasteiger partial charge in [-0.3, -0.25) is 0 Å². The van der Waals surface area contributed by atoms with Gasteiger partial charge in [0.1, 0.15) is 5.75 Å². The Morgan fingerprint density at radius 2 is 1.71 bits per heavy atom. The number of rotatable bonds is 7. The highest BCUT2D eigenvalue weighted by Crippen LogP contribution is 2.10. The van der Waals surface area contributed by atoms with Gasteiger partial charge in [0.2, 0.25) is 0 Å². The van der Waals surface area contributed by atoms with E-state index in [1.54, 1.807) is 12.1 Å². The van der Waals surface area contributed by atoms with Crippen LogP contribution in [0.4, 0.5) is 0 Å². The number of phenolic OH excluding ortho intramolecular Hbond substituents is 1. The van der Waals surface area contributed by atoms with E-state index in [9.17, 15) is 5.11 Å². The van der Waals surface area contributed by atoms with Gasteiger partial charge in [-0.1, -0.05) is 38.8 Å². The molecule has 0 fully saturated rings. The van der Waals surface area contributed by atoms with E-state index in [0.717, 1.165) is 24.6 Å². The van der Waals surface area contributed by atoms with E-state index in [1.807, 2.05) is 12.1 Å². The lowest BCUT2D eigenvalue weighted by atomic mass is 10.0. The van der Waals surface area contributed by atoms with E-state index in [2.05, 4.69) is 36.4 Å². The molecule has 0 atom stereocenters. The summed E-state index contributed by atoms with van der Waals surface area (Å²) in [6, 6.07) is 7.16. The normalized spacial score (nSPS) is 11.1. The summed E-state index contributed by atoms with van der Waals surface area (Å²) in [7, 11) is 0. The van der Waals surface area contributed by atoms with E-state index in [0.29, 0.717) is 12.5 Å². The maximum atomic E-state index is 9.26. The Morgan fingerprint density at radius 1 is 1.10 bits per heavy atom. The third-order valence-corrected chi connectivity index (χ3v) is 3.41. The number of halogens is 1. The van der Waals surface area contributed by atoms with Crippen molar-refractivity contribution >= 4 is 29.9 Å². The number of aliphatic imine (C=N–C) groups is 1. The highest BCUT2D eigenvalue weighted by Gasteiger charge is 2.04. The van der Waals surface area contributed by atoms with Gasteiger partial charge in [0.25, 0.3) is 0 Å². The molecule has 120 valence electrons. The number of guanidine groups is 1. The molecule has 0 unspecified atom stereocenters. The molecule has 0 aliphatic rings. The fraction of sp³-hybridized carbons (Fsp3) is 0.562. The monoisotopic (exact) mass is 405 g/mol. The Labute approximate surface area is 145 Å². The SMILES string of the molecule is CCNC(=NCc1ccc(O)cc1)NCC(CC)CC.I. The summed E-state index contributed by atoms with van der Waals surface area (Å²) in [5, 5.41) is 15.9. The number of benzene rings is 1. The molecule has 3 N–H and O–H groups in total. The molecule has 0 aromatic heterocycles. The molecule has 0 amide bonds. The zero-order valence-corrected chi connectivity index (χ0v) is 15.6. The minimum atomic E-state index is 0. The fourth-order valence-corrected chi connectivity index (χ4v) is 1.93.